The van der Waals surface area contributed by atoms with Gasteiger partial charge >= 0.3 is 0 Å². The smallest absolute Gasteiger partial charge is 0.0476 e. The molecule has 0 aliphatic heterocycles. The van der Waals surface area contributed by atoms with E-state index in [0.717, 1.165) is 13.0 Å². The number of rotatable bonds is 5. The normalized spacial score (nSPS) is 12.6. The van der Waals surface area contributed by atoms with Crippen LogP contribution in [-0.2, 0) is 0 Å². The van der Waals surface area contributed by atoms with Gasteiger partial charge in [-0.05, 0) is 62.3 Å². The van der Waals surface area contributed by atoms with Crippen molar-refractivity contribution in [2.24, 2.45) is 5.92 Å². The van der Waals surface area contributed by atoms with Crippen molar-refractivity contribution < 1.29 is 5.11 Å². The molecule has 0 saturated heterocycles. The third-order valence-electron chi connectivity index (χ3n) is 4.08. The molecule has 0 radical (unpaired) electrons. The molecule has 0 spiro atoms. The van der Waals surface area contributed by atoms with Gasteiger partial charge in [0.05, 0.1) is 0 Å². The fourth-order valence-corrected chi connectivity index (χ4v) is 2.56. The number of hydrogen-bond acceptors (Lipinski definition) is 2. The molecule has 102 valence electrons. The molecule has 0 aliphatic carbocycles. The number of nitrogens with zero attached hydrogens (tertiary/aromatic N) is 1. The number of aliphatic hydroxyl groups excluding tert-OH is 1. The largest absolute Gasteiger partial charge is 0.396 e. The molecule has 1 aromatic carbocycles. The van der Waals surface area contributed by atoms with Crippen molar-refractivity contribution in [1.29, 1.82) is 0 Å². The van der Waals surface area contributed by atoms with Crippen molar-refractivity contribution in [3.05, 3.63) is 28.3 Å². The summed E-state index contributed by atoms with van der Waals surface area (Å²) in [6.45, 7) is 12.0. The van der Waals surface area contributed by atoms with Crippen LogP contribution in [0, 0.1) is 33.6 Å². The molecule has 1 atom stereocenters. The minimum atomic E-state index is 0.268. The van der Waals surface area contributed by atoms with Gasteiger partial charge in [-0.2, -0.15) is 0 Å². The topological polar surface area (TPSA) is 23.5 Å². The minimum Gasteiger partial charge on any atom is -0.396 e. The minimum absolute atomic E-state index is 0.268. The molecule has 18 heavy (non-hydrogen) atoms. The molecular formula is C16H27NO. The van der Waals surface area contributed by atoms with Gasteiger partial charge < -0.3 is 10.0 Å². The molecule has 0 amide bonds. The Labute approximate surface area is 112 Å². The van der Waals surface area contributed by atoms with E-state index in [9.17, 15) is 5.11 Å². The molecule has 1 rings (SSSR count). The first-order valence-corrected chi connectivity index (χ1v) is 6.81. The summed E-state index contributed by atoms with van der Waals surface area (Å²) in [5, 5.41) is 9.34. The monoisotopic (exact) mass is 249 g/mol. The van der Waals surface area contributed by atoms with E-state index in [4.69, 9.17) is 0 Å². The second kappa shape index (κ2) is 6.24. The zero-order valence-electron chi connectivity index (χ0n) is 12.7. The molecule has 1 unspecified atom stereocenters. The van der Waals surface area contributed by atoms with Gasteiger partial charge in [0.2, 0.25) is 0 Å². The highest BCUT2D eigenvalue weighted by atomic mass is 16.3. The van der Waals surface area contributed by atoms with E-state index < -0.39 is 0 Å². The highest BCUT2D eigenvalue weighted by Gasteiger charge is 2.15. The van der Waals surface area contributed by atoms with E-state index in [0.29, 0.717) is 5.92 Å². The standard InChI is InChI=1S/C16H27NO/c1-7-15(10-18)9-17(6)16-13(4)11(2)8-12(3)14(16)5/h8,15,18H,7,9-10H2,1-6H3. The molecule has 0 saturated carbocycles. The summed E-state index contributed by atoms with van der Waals surface area (Å²) in [7, 11) is 2.13. The third kappa shape index (κ3) is 3.05. The van der Waals surface area contributed by atoms with Gasteiger partial charge in [0.25, 0.3) is 0 Å². The Morgan fingerprint density at radius 2 is 1.61 bits per heavy atom. The summed E-state index contributed by atoms with van der Waals surface area (Å²) < 4.78 is 0. The van der Waals surface area contributed by atoms with Crippen LogP contribution >= 0.6 is 0 Å². The SMILES string of the molecule is CCC(CO)CN(C)c1c(C)c(C)cc(C)c1C. The maximum atomic E-state index is 9.34. The average Bonchev–Trinajstić information content (AvgIpc) is 2.33. The maximum Gasteiger partial charge on any atom is 0.0476 e. The van der Waals surface area contributed by atoms with E-state index in [1.54, 1.807) is 0 Å². The summed E-state index contributed by atoms with van der Waals surface area (Å²) in [4.78, 5) is 2.30. The van der Waals surface area contributed by atoms with E-state index >= 15 is 0 Å². The van der Waals surface area contributed by atoms with Crippen molar-refractivity contribution in [1.82, 2.24) is 0 Å². The Kier molecular flexibility index (Phi) is 5.21. The number of hydrogen-bond donors (Lipinski definition) is 1. The fourth-order valence-electron chi connectivity index (χ4n) is 2.56. The van der Waals surface area contributed by atoms with E-state index in [2.05, 4.69) is 52.6 Å². The summed E-state index contributed by atoms with van der Waals surface area (Å²) in [6.07, 6.45) is 1.02. The van der Waals surface area contributed by atoms with E-state index in [-0.39, 0.29) is 6.61 Å². The quantitative estimate of drug-likeness (QED) is 0.865. The van der Waals surface area contributed by atoms with Crippen LogP contribution in [0.4, 0.5) is 5.69 Å². The van der Waals surface area contributed by atoms with Crippen molar-refractivity contribution in [2.45, 2.75) is 41.0 Å². The Morgan fingerprint density at radius 1 is 1.11 bits per heavy atom. The maximum absolute atomic E-state index is 9.34. The highest BCUT2D eigenvalue weighted by Crippen LogP contribution is 2.30. The molecule has 0 aromatic heterocycles. The molecule has 0 heterocycles. The summed E-state index contributed by atoms with van der Waals surface area (Å²) in [6, 6.07) is 2.26. The zero-order valence-corrected chi connectivity index (χ0v) is 12.7. The zero-order chi connectivity index (χ0) is 13.9. The van der Waals surface area contributed by atoms with E-state index in [1.165, 1.54) is 27.9 Å². The number of aryl methyl sites for hydroxylation is 2. The molecule has 1 aromatic rings. The first kappa shape index (κ1) is 15.0. The van der Waals surface area contributed by atoms with Crippen LogP contribution in [0.5, 0.6) is 0 Å². The number of aliphatic hydroxyl groups is 1. The second-order valence-electron chi connectivity index (χ2n) is 5.45. The lowest BCUT2D eigenvalue weighted by Crippen LogP contribution is -2.28. The Balaban J connectivity index is 3.08. The average molecular weight is 249 g/mol. The number of benzene rings is 1. The van der Waals surface area contributed by atoms with Crippen LogP contribution in [0.1, 0.15) is 35.6 Å². The lowest BCUT2D eigenvalue weighted by Gasteiger charge is -2.28. The predicted molar refractivity (Wildman–Crippen MR) is 79.5 cm³/mol. The van der Waals surface area contributed by atoms with Crippen LogP contribution in [0.15, 0.2) is 6.07 Å². The third-order valence-corrected chi connectivity index (χ3v) is 4.08. The Morgan fingerprint density at radius 3 is 2.00 bits per heavy atom. The first-order chi connectivity index (χ1) is 8.42. The predicted octanol–water partition coefficient (Wildman–Crippen LogP) is 3.37. The summed E-state index contributed by atoms with van der Waals surface area (Å²) in [5.74, 6) is 0.356. The molecule has 2 nitrogen and oxygen atoms in total. The van der Waals surface area contributed by atoms with Gasteiger partial charge in [0.1, 0.15) is 0 Å². The molecule has 1 N–H and O–H groups in total. The van der Waals surface area contributed by atoms with Crippen LogP contribution < -0.4 is 4.90 Å². The van der Waals surface area contributed by atoms with Crippen molar-refractivity contribution in [3.63, 3.8) is 0 Å². The molecule has 2 heteroatoms. The lowest BCUT2D eigenvalue weighted by atomic mass is 9.97. The molecule has 0 aliphatic rings. The molecular weight excluding hydrogens is 222 g/mol. The van der Waals surface area contributed by atoms with E-state index in [1.807, 2.05) is 0 Å². The van der Waals surface area contributed by atoms with Gasteiger partial charge in [-0.15, -0.1) is 0 Å². The Hall–Kier alpha value is -1.02. The van der Waals surface area contributed by atoms with Crippen LogP contribution in [0.2, 0.25) is 0 Å². The van der Waals surface area contributed by atoms with Gasteiger partial charge in [-0.25, -0.2) is 0 Å². The van der Waals surface area contributed by atoms with Gasteiger partial charge in [-0.3, -0.25) is 0 Å². The molecule has 0 bridgehead atoms. The Bertz CT molecular complexity index is 382. The van der Waals surface area contributed by atoms with Crippen molar-refractivity contribution >= 4 is 5.69 Å². The van der Waals surface area contributed by atoms with Crippen LogP contribution in [0.3, 0.4) is 0 Å². The summed E-state index contributed by atoms with van der Waals surface area (Å²) >= 11 is 0. The lowest BCUT2D eigenvalue weighted by molar-refractivity contribution is 0.225. The summed E-state index contributed by atoms with van der Waals surface area (Å²) in [5.41, 5.74) is 6.73. The fraction of sp³-hybridized carbons (Fsp3) is 0.625. The molecule has 0 fully saturated rings. The van der Waals surface area contributed by atoms with Gasteiger partial charge in [-0.1, -0.05) is 13.0 Å². The highest BCUT2D eigenvalue weighted by molar-refractivity contribution is 5.63. The van der Waals surface area contributed by atoms with Crippen LogP contribution in [0.25, 0.3) is 0 Å². The van der Waals surface area contributed by atoms with Crippen LogP contribution in [-0.4, -0.2) is 25.3 Å². The van der Waals surface area contributed by atoms with Crippen molar-refractivity contribution in [3.8, 4) is 0 Å². The first-order valence-electron chi connectivity index (χ1n) is 6.81. The second-order valence-corrected chi connectivity index (χ2v) is 5.45. The van der Waals surface area contributed by atoms with Gasteiger partial charge in [0.15, 0.2) is 0 Å². The van der Waals surface area contributed by atoms with Crippen molar-refractivity contribution in [2.75, 3.05) is 25.1 Å². The number of anilines is 1. The van der Waals surface area contributed by atoms with Gasteiger partial charge in [0, 0.05) is 25.9 Å².